The Morgan fingerprint density at radius 2 is 1.00 bits per heavy atom. The fraction of sp³-hybridized carbons (Fsp3) is 0.222. The average Bonchev–Trinajstić information content (AvgIpc) is 3.54. The van der Waals surface area contributed by atoms with Crippen molar-refractivity contribution in [2.24, 2.45) is 10.2 Å². The van der Waals surface area contributed by atoms with Crippen molar-refractivity contribution in [1.29, 1.82) is 0 Å². The molecule has 8 nitrogen and oxygen atoms in total. The number of rotatable bonds is 11. The molecule has 6 rings (SSSR count). The summed E-state index contributed by atoms with van der Waals surface area (Å²) < 4.78 is 4.57. The van der Waals surface area contributed by atoms with Crippen LogP contribution < -0.4 is 10.9 Å². The van der Waals surface area contributed by atoms with E-state index in [0.29, 0.717) is 25.7 Å². The highest BCUT2D eigenvalue weighted by molar-refractivity contribution is 6.10. The standard InChI is InChI=1S/C36H36N6O2/c1-3-41-31-13-7-5-11-27(31)29-19-17-25(21-33(29)41)23-37-39-35(43)15-9-10-16-36(44)40-38-24-26-18-20-30-28-12-6-8-14-32(28)42(4-2)34(30)22-26/h5-8,11-14,17-24H,3-4,9-10,15-16H2,1-2H3,(H,39,43)(H,40,44)/b37-23+,38-24+. The molecule has 0 atom stereocenters. The van der Waals surface area contributed by atoms with Gasteiger partial charge in [-0.25, -0.2) is 10.9 Å². The summed E-state index contributed by atoms with van der Waals surface area (Å²) in [5.74, 6) is -0.355. The van der Waals surface area contributed by atoms with Crippen molar-refractivity contribution < 1.29 is 9.59 Å². The maximum Gasteiger partial charge on any atom is 0.240 e. The van der Waals surface area contributed by atoms with E-state index in [2.05, 4.69) is 117 Å². The Labute approximate surface area is 256 Å². The molecule has 0 aliphatic heterocycles. The summed E-state index contributed by atoms with van der Waals surface area (Å²) in [4.78, 5) is 24.6. The van der Waals surface area contributed by atoms with E-state index >= 15 is 0 Å². The molecule has 0 aliphatic carbocycles. The van der Waals surface area contributed by atoms with Crippen LogP contribution in [-0.2, 0) is 22.7 Å². The summed E-state index contributed by atoms with van der Waals surface area (Å²) in [6.07, 6.45) is 5.09. The number of amides is 2. The maximum absolute atomic E-state index is 12.3. The van der Waals surface area contributed by atoms with Gasteiger partial charge < -0.3 is 9.13 Å². The predicted molar refractivity (Wildman–Crippen MR) is 180 cm³/mol. The maximum atomic E-state index is 12.3. The molecule has 2 N–H and O–H groups in total. The Hall–Kier alpha value is -5.24. The number of hydrogen-bond donors (Lipinski definition) is 2. The second kappa shape index (κ2) is 13.0. The van der Waals surface area contributed by atoms with Crippen LogP contribution in [0, 0.1) is 0 Å². The Bertz CT molecular complexity index is 1900. The molecule has 2 amide bonds. The normalized spacial score (nSPS) is 12.0. The first kappa shape index (κ1) is 28.9. The SMILES string of the molecule is CCn1c2ccccc2c2ccc(/C=N/NC(=O)CCCCC(=O)N/N=C/c3ccc4c5ccccc5n(CC)c4c3)cc21. The first-order valence-electron chi connectivity index (χ1n) is 15.2. The third-order valence-electron chi connectivity index (χ3n) is 8.09. The molecule has 222 valence electrons. The van der Waals surface area contributed by atoms with E-state index in [-0.39, 0.29) is 11.8 Å². The number of nitrogens with one attached hydrogen (secondary N) is 2. The monoisotopic (exact) mass is 584 g/mol. The van der Waals surface area contributed by atoms with Gasteiger partial charge in [0.1, 0.15) is 0 Å². The van der Waals surface area contributed by atoms with E-state index in [4.69, 9.17) is 0 Å². The van der Waals surface area contributed by atoms with Crippen LogP contribution in [0.2, 0.25) is 0 Å². The lowest BCUT2D eigenvalue weighted by atomic mass is 10.1. The van der Waals surface area contributed by atoms with Crippen molar-refractivity contribution in [3.8, 4) is 0 Å². The largest absolute Gasteiger partial charge is 0.341 e. The van der Waals surface area contributed by atoms with Crippen LogP contribution in [0.4, 0.5) is 0 Å². The van der Waals surface area contributed by atoms with Gasteiger partial charge in [0, 0.05) is 69.5 Å². The predicted octanol–water partition coefficient (Wildman–Crippen LogP) is 7.10. The summed E-state index contributed by atoms with van der Waals surface area (Å²) in [6, 6.07) is 29.2. The molecule has 6 aromatic rings. The van der Waals surface area contributed by atoms with E-state index in [1.807, 2.05) is 12.1 Å². The number of aryl methyl sites for hydroxylation is 2. The molecule has 44 heavy (non-hydrogen) atoms. The van der Waals surface area contributed by atoms with E-state index in [0.717, 1.165) is 35.2 Å². The minimum absolute atomic E-state index is 0.177. The summed E-state index contributed by atoms with van der Waals surface area (Å²) >= 11 is 0. The number of carbonyl (C=O) groups is 2. The van der Waals surface area contributed by atoms with Crippen LogP contribution in [-0.4, -0.2) is 33.4 Å². The number of hydrazone groups is 2. The highest BCUT2D eigenvalue weighted by Gasteiger charge is 2.11. The summed E-state index contributed by atoms with van der Waals surface area (Å²) in [5.41, 5.74) is 11.8. The fourth-order valence-corrected chi connectivity index (χ4v) is 6.02. The summed E-state index contributed by atoms with van der Waals surface area (Å²) in [7, 11) is 0. The highest BCUT2D eigenvalue weighted by atomic mass is 16.2. The minimum atomic E-state index is -0.177. The van der Waals surface area contributed by atoms with Crippen molar-refractivity contribution in [1.82, 2.24) is 20.0 Å². The number of para-hydroxylation sites is 2. The van der Waals surface area contributed by atoms with Crippen LogP contribution in [0.15, 0.2) is 95.1 Å². The molecule has 2 aromatic heterocycles. The van der Waals surface area contributed by atoms with Crippen molar-refractivity contribution in [2.45, 2.75) is 52.6 Å². The molecule has 0 fully saturated rings. The molecule has 0 spiro atoms. The van der Waals surface area contributed by atoms with Crippen LogP contribution in [0.1, 0.15) is 50.7 Å². The van der Waals surface area contributed by atoms with Crippen molar-refractivity contribution in [3.63, 3.8) is 0 Å². The number of hydrogen-bond acceptors (Lipinski definition) is 4. The second-order valence-corrected chi connectivity index (χ2v) is 10.9. The van der Waals surface area contributed by atoms with E-state index in [1.165, 1.54) is 32.6 Å². The van der Waals surface area contributed by atoms with Crippen LogP contribution in [0.3, 0.4) is 0 Å². The molecule has 0 saturated carbocycles. The molecule has 0 bridgehead atoms. The molecule has 0 saturated heterocycles. The molecular weight excluding hydrogens is 548 g/mol. The second-order valence-electron chi connectivity index (χ2n) is 10.9. The minimum Gasteiger partial charge on any atom is -0.341 e. The molecule has 2 heterocycles. The van der Waals surface area contributed by atoms with Crippen molar-refractivity contribution >= 4 is 67.9 Å². The number of benzene rings is 4. The van der Waals surface area contributed by atoms with Crippen LogP contribution in [0.5, 0.6) is 0 Å². The molecule has 8 heteroatoms. The smallest absolute Gasteiger partial charge is 0.240 e. The topological polar surface area (TPSA) is 92.8 Å². The first-order valence-corrected chi connectivity index (χ1v) is 15.2. The third kappa shape index (κ3) is 5.83. The number of nitrogens with zero attached hydrogens (tertiary/aromatic N) is 4. The Morgan fingerprint density at radius 3 is 1.43 bits per heavy atom. The zero-order valence-corrected chi connectivity index (χ0v) is 25.1. The lowest BCUT2D eigenvalue weighted by Crippen LogP contribution is -2.19. The van der Waals surface area contributed by atoms with Crippen molar-refractivity contribution in [3.05, 3.63) is 96.1 Å². The van der Waals surface area contributed by atoms with Gasteiger partial charge in [-0.15, -0.1) is 0 Å². The zero-order valence-electron chi connectivity index (χ0n) is 25.1. The van der Waals surface area contributed by atoms with Gasteiger partial charge in [-0.2, -0.15) is 10.2 Å². The first-order chi connectivity index (χ1) is 21.6. The molecule has 4 aromatic carbocycles. The van der Waals surface area contributed by atoms with Gasteiger partial charge in [0.15, 0.2) is 0 Å². The number of carbonyl (C=O) groups excluding carboxylic acids is 2. The van der Waals surface area contributed by atoms with Gasteiger partial charge in [-0.3, -0.25) is 9.59 Å². The zero-order chi connectivity index (χ0) is 30.5. The van der Waals surface area contributed by atoms with Gasteiger partial charge in [-0.05, 0) is 62.1 Å². The molecule has 0 aliphatic rings. The van der Waals surface area contributed by atoms with E-state index < -0.39 is 0 Å². The summed E-state index contributed by atoms with van der Waals surface area (Å²) in [6.45, 7) is 6.01. The van der Waals surface area contributed by atoms with Crippen LogP contribution in [0.25, 0.3) is 43.6 Å². The fourth-order valence-electron chi connectivity index (χ4n) is 6.02. The Balaban J connectivity index is 0.952. The number of fused-ring (bicyclic) bond motifs is 6. The van der Waals surface area contributed by atoms with E-state index in [1.54, 1.807) is 12.4 Å². The lowest BCUT2D eigenvalue weighted by molar-refractivity contribution is -0.123. The Morgan fingerprint density at radius 1 is 0.591 bits per heavy atom. The molecular formula is C36H36N6O2. The third-order valence-corrected chi connectivity index (χ3v) is 8.09. The number of unbranched alkanes of at least 4 members (excludes halogenated alkanes) is 1. The highest BCUT2D eigenvalue weighted by Crippen LogP contribution is 2.30. The van der Waals surface area contributed by atoms with Gasteiger partial charge in [0.2, 0.25) is 11.8 Å². The number of aromatic nitrogens is 2. The lowest BCUT2D eigenvalue weighted by Gasteiger charge is -2.04. The van der Waals surface area contributed by atoms with Gasteiger partial charge in [0.05, 0.1) is 12.4 Å². The summed E-state index contributed by atoms with van der Waals surface area (Å²) in [5, 5.41) is 13.2. The van der Waals surface area contributed by atoms with Gasteiger partial charge in [0.25, 0.3) is 0 Å². The van der Waals surface area contributed by atoms with Crippen molar-refractivity contribution in [2.75, 3.05) is 0 Å². The van der Waals surface area contributed by atoms with Gasteiger partial charge >= 0.3 is 0 Å². The Kier molecular flexibility index (Phi) is 8.50. The van der Waals surface area contributed by atoms with Gasteiger partial charge in [-0.1, -0.05) is 60.7 Å². The van der Waals surface area contributed by atoms with Crippen LogP contribution >= 0.6 is 0 Å². The quantitative estimate of drug-likeness (QED) is 0.0966. The molecule has 0 unspecified atom stereocenters. The average molecular weight is 585 g/mol. The van der Waals surface area contributed by atoms with E-state index in [9.17, 15) is 9.59 Å². The molecule has 0 radical (unpaired) electrons.